The molecule has 0 saturated heterocycles. The first-order valence-electron chi connectivity index (χ1n) is 10.3. The topological polar surface area (TPSA) is 56.1 Å². The Morgan fingerprint density at radius 3 is 2.53 bits per heavy atom. The Balaban J connectivity index is 1.36. The van der Waals surface area contributed by atoms with E-state index < -0.39 is 0 Å². The van der Waals surface area contributed by atoms with Crippen molar-refractivity contribution in [3.63, 3.8) is 0 Å². The lowest BCUT2D eigenvalue weighted by molar-refractivity contribution is 0.139. The summed E-state index contributed by atoms with van der Waals surface area (Å²) >= 11 is 12.2. The minimum atomic E-state index is 0.165. The first-order valence-corrected chi connectivity index (χ1v) is 11.0. The number of hydrogen-bond donors (Lipinski definition) is 0. The second-order valence-electron chi connectivity index (χ2n) is 8.16. The van der Waals surface area contributed by atoms with Crippen LogP contribution in [0.15, 0.2) is 36.5 Å². The Morgan fingerprint density at radius 2 is 1.77 bits per heavy atom. The molecule has 1 fully saturated rings. The molecule has 0 radical (unpaired) electrons. The molecule has 0 unspecified atom stereocenters. The second-order valence-corrected chi connectivity index (χ2v) is 9.03. The van der Waals surface area contributed by atoms with Crippen LogP contribution >= 0.6 is 23.2 Å². The van der Waals surface area contributed by atoms with Crippen molar-refractivity contribution in [3.8, 4) is 11.6 Å². The lowest BCUT2D eigenvalue weighted by Crippen LogP contribution is -2.25. The smallest absolute Gasteiger partial charge is 0.213 e. The fraction of sp³-hybridized carbons (Fsp3) is 0.409. The zero-order valence-corrected chi connectivity index (χ0v) is 18.3. The van der Waals surface area contributed by atoms with Crippen molar-refractivity contribution >= 4 is 23.2 Å². The molecular weight excluding hydrogens is 421 g/mol. The molecule has 0 amide bonds. The highest BCUT2D eigenvalue weighted by Gasteiger charge is 2.30. The van der Waals surface area contributed by atoms with Crippen molar-refractivity contribution in [1.82, 2.24) is 24.6 Å². The van der Waals surface area contributed by atoms with Gasteiger partial charge < -0.3 is 4.74 Å². The Morgan fingerprint density at radius 1 is 0.967 bits per heavy atom. The second kappa shape index (κ2) is 8.17. The number of halogens is 2. The molecule has 0 N–H and O–H groups in total. The Bertz CT molecular complexity index is 1040. The maximum Gasteiger partial charge on any atom is 0.213 e. The molecule has 3 heterocycles. The Labute approximate surface area is 185 Å². The van der Waals surface area contributed by atoms with E-state index in [0.29, 0.717) is 16.8 Å². The minimum absolute atomic E-state index is 0.165. The van der Waals surface area contributed by atoms with Crippen LogP contribution in [0.1, 0.15) is 48.8 Å². The van der Waals surface area contributed by atoms with Crippen molar-refractivity contribution in [2.24, 2.45) is 0 Å². The van der Waals surface area contributed by atoms with Crippen molar-refractivity contribution in [2.75, 3.05) is 7.05 Å². The van der Waals surface area contributed by atoms with E-state index in [9.17, 15) is 0 Å². The van der Waals surface area contributed by atoms with Gasteiger partial charge in [-0.25, -0.2) is 4.98 Å². The number of aromatic nitrogens is 4. The summed E-state index contributed by atoms with van der Waals surface area (Å²) in [5.74, 6) is 3.02. The number of benzene rings is 1. The highest BCUT2D eigenvalue weighted by atomic mass is 35.5. The largest absolute Gasteiger partial charge is 0.474 e. The highest BCUT2D eigenvalue weighted by molar-refractivity contribution is 6.30. The molecule has 1 aromatic carbocycles. The Kier molecular flexibility index (Phi) is 5.39. The van der Waals surface area contributed by atoms with Gasteiger partial charge in [-0.15, -0.1) is 10.2 Å². The molecule has 0 atom stereocenters. The summed E-state index contributed by atoms with van der Waals surface area (Å²) in [6.07, 6.45) is 5.73. The quantitative estimate of drug-likeness (QED) is 0.568. The van der Waals surface area contributed by atoms with Gasteiger partial charge in [0, 0.05) is 29.7 Å². The summed E-state index contributed by atoms with van der Waals surface area (Å²) < 4.78 is 8.31. The maximum atomic E-state index is 6.27. The van der Waals surface area contributed by atoms with Gasteiger partial charge in [0.2, 0.25) is 5.88 Å². The fourth-order valence-electron chi connectivity index (χ4n) is 4.49. The molecule has 2 aliphatic rings. The van der Waals surface area contributed by atoms with Crippen LogP contribution in [0.4, 0.5) is 0 Å². The van der Waals surface area contributed by atoms with E-state index in [-0.39, 0.29) is 6.10 Å². The SMILES string of the molecule is CN1Cc2cc(Cl)ccc2-n2c(nnc2[C@H]2CC[C@H](Oc3ccc(Cl)cn3)CC2)C1. The van der Waals surface area contributed by atoms with Crippen molar-refractivity contribution < 1.29 is 4.74 Å². The molecule has 6 nitrogen and oxygen atoms in total. The van der Waals surface area contributed by atoms with Crippen LogP contribution in [0.3, 0.4) is 0 Å². The summed E-state index contributed by atoms with van der Waals surface area (Å²) in [6.45, 7) is 1.60. The molecule has 30 heavy (non-hydrogen) atoms. The van der Waals surface area contributed by atoms with Gasteiger partial charge in [0.15, 0.2) is 5.82 Å². The van der Waals surface area contributed by atoms with Crippen LogP contribution in [0.2, 0.25) is 10.0 Å². The first-order chi connectivity index (χ1) is 14.6. The van der Waals surface area contributed by atoms with Gasteiger partial charge in [0.25, 0.3) is 0 Å². The molecule has 1 saturated carbocycles. The monoisotopic (exact) mass is 443 g/mol. The van der Waals surface area contributed by atoms with Crippen LogP contribution in [0.5, 0.6) is 5.88 Å². The van der Waals surface area contributed by atoms with E-state index in [4.69, 9.17) is 27.9 Å². The molecular formula is C22H23Cl2N5O. The average molecular weight is 444 g/mol. The molecule has 156 valence electrons. The van der Waals surface area contributed by atoms with Crippen LogP contribution < -0.4 is 4.74 Å². The molecule has 3 aromatic rings. The molecule has 2 aromatic heterocycles. The number of hydrogen-bond acceptors (Lipinski definition) is 5. The van der Waals surface area contributed by atoms with Gasteiger partial charge in [-0.1, -0.05) is 23.2 Å². The standard InChI is InChI=1S/C22H23Cl2N5O/c1-28-12-15-10-16(23)4-8-19(15)29-20(13-28)26-27-22(29)14-2-6-18(7-3-14)30-21-9-5-17(24)11-25-21/h4-5,8-11,14,18H,2-3,6-7,12-13H2,1H3/t14-,18-. The average Bonchev–Trinajstić information content (AvgIpc) is 3.07. The van der Waals surface area contributed by atoms with E-state index in [1.54, 1.807) is 6.20 Å². The highest BCUT2D eigenvalue weighted by Crippen LogP contribution is 2.36. The summed E-state index contributed by atoms with van der Waals surface area (Å²) in [5.41, 5.74) is 2.35. The lowest BCUT2D eigenvalue weighted by Gasteiger charge is -2.28. The van der Waals surface area contributed by atoms with Crippen LogP contribution in [0, 0.1) is 0 Å². The van der Waals surface area contributed by atoms with E-state index in [1.807, 2.05) is 18.2 Å². The predicted octanol–water partition coefficient (Wildman–Crippen LogP) is 5.02. The number of nitrogens with zero attached hydrogens (tertiary/aromatic N) is 5. The fourth-order valence-corrected chi connectivity index (χ4v) is 4.79. The molecule has 5 rings (SSSR count). The molecule has 8 heteroatoms. The number of fused-ring (bicyclic) bond motifs is 3. The summed E-state index contributed by atoms with van der Waals surface area (Å²) in [7, 11) is 2.10. The van der Waals surface area contributed by atoms with Crippen molar-refractivity contribution in [3.05, 3.63) is 63.8 Å². The van der Waals surface area contributed by atoms with Crippen molar-refractivity contribution in [2.45, 2.75) is 50.8 Å². The van der Waals surface area contributed by atoms with Gasteiger partial charge in [-0.2, -0.15) is 0 Å². The molecule has 1 aliphatic heterocycles. The minimum Gasteiger partial charge on any atom is -0.474 e. The zero-order chi connectivity index (χ0) is 20.7. The third kappa shape index (κ3) is 3.92. The third-order valence-corrected chi connectivity index (χ3v) is 6.37. The molecule has 0 bridgehead atoms. The van der Waals surface area contributed by atoms with Crippen LogP contribution in [-0.2, 0) is 13.1 Å². The third-order valence-electron chi connectivity index (χ3n) is 5.92. The first kappa shape index (κ1) is 19.8. The van der Waals surface area contributed by atoms with E-state index in [2.05, 4.69) is 43.8 Å². The van der Waals surface area contributed by atoms with Gasteiger partial charge >= 0.3 is 0 Å². The zero-order valence-electron chi connectivity index (χ0n) is 16.8. The normalized spacial score (nSPS) is 21.6. The van der Waals surface area contributed by atoms with E-state index >= 15 is 0 Å². The number of rotatable bonds is 3. The maximum absolute atomic E-state index is 6.27. The van der Waals surface area contributed by atoms with Gasteiger partial charge in [0.1, 0.15) is 11.9 Å². The summed E-state index contributed by atoms with van der Waals surface area (Å²) in [5, 5.41) is 10.5. The molecule has 1 aliphatic carbocycles. The van der Waals surface area contributed by atoms with E-state index in [0.717, 1.165) is 61.1 Å². The van der Waals surface area contributed by atoms with E-state index in [1.165, 1.54) is 5.56 Å². The predicted molar refractivity (Wildman–Crippen MR) is 116 cm³/mol. The van der Waals surface area contributed by atoms with Gasteiger partial charge in [-0.05, 0) is 62.6 Å². The Hall–Kier alpha value is -2.15. The number of pyridine rings is 1. The lowest BCUT2D eigenvalue weighted by atomic mass is 9.86. The van der Waals surface area contributed by atoms with Gasteiger partial charge in [0.05, 0.1) is 17.3 Å². The molecule has 0 spiro atoms. The number of ether oxygens (including phenoxy) is 1. The van der Waals surface area contributed by atoms with Crippen LogP contribution in [-0.4, -0.2) is 37.8 Å². The summed E-state index contributed by atoms with van der Waals surface area (Å²) in [4.78, 5) is 6.50. The van der Waals surface area contributed by atoms with Gasteiger partial charge in [-0.3, -0.25) is 9.47 Å². The van der Waals surface area contributed by atoms with Crippen LogP contribution in [0.25, 0.3) is 5.69 Å². The van der Waals surface area contributed by atoms with Crippen molar-refractivity contribution in [1.29, 1.82) is 0 Å². The summed E-state index contributed by atoms with van der Waals surface area (Å²) in [6, 6.07) is 9.72.